The Balaban J connectivity index is 1.78. The summed E-state index contributed by atoms with van der Waals surface area (Å²) in [7, 11) is 1.28. The molecule has 12 heteroatoms. The van der Waals surface area contributed by atoms with Crippen molar-refractivity contribution in [3.05, 3.63) is 18.0 Å². The Morgan fingerprint density at radius 2 is 2.38 bits per heavy atom. The van der Waals surface area contributed by atoms with Gasteiger partial charge in [0, 0.05) is 12.9 Å². The molecule has 11 nitrogen and oxygen atoms in total. The number of carboxylic acid groups (broad SMARTS) is 1. The molecule has 0 aliphatic carbocycles. The van der Waals surface area contributed by atoms with E-state index in [0.29, 0.717) is 11.3 Å². The first kappa shape index (κ1) is 16.4. The number of nitrogens with zero attached hydrogens (tertiary/aromatic N) is 4. The van der Waals surface area contributed by atoms with E-state index < -0.39 is 34.9 Å². The van der Waals surface area contributed by atoms with Crippen molar-refractivity contribution < 1.29 is 24.2 Å². The van der Waals surface area contributed by atoms with Gasteiger partial charge in [-0.2, -0.15) is 5.21 Å². The van der Waals surface area contributed by atoms with Crippen molar-refractivity contribution in [2.45, 2.75) is 23.6 Å². The molecule has 1 aromatic rings. The molecule has 1 aromatic heterocycles. The van der Waals surface area contributed by atoms with Gasteiger partial charge in [-0.15, -0.1) is 22.0 Å². The van der Waals surface area contributed by atoms with Crippen LogP contribution in [0.3, 0.4) is 0 Å². The number of aromatic nitrogens is 4. The molecular weight excluding hydrogens is 340 g/mol. The van der Waals surface area contributed by atoms with Crippen LogP contribution in [0.15, 0.2) is 12.2 Å². The van der Waals surface area contributed by atoms with E-state index in [1.807, 2.05) is 0 Å². The van der Waals surface area contributed by atoms with E-state index in [1.165, 1.54) is 18.9 Å². The predicted molar refractivity (Wildman–Crippen MR) is 79.4 cm³/mol. The zero-order valence-corrected chi connectivity index (χ0v) is 13.4. The Morgan fingerprint density at radius 3 is 2.96 bits per heavy atom. The highest BCUT2D eigenvalue weighted by Gasteiger charge is 2.67. The highest BCUT2D eigenvalue weighted by atomic mass is 32.2. The fraction of sp³-hybridized carbons (Fsp3) is 0.500. The second-order valence-corrected chi connectivity index (χ2v) is 6.34. The van der Waals surface area contributed by atoms with E-state index in [2.05, 4.69) is 32.5 Å². The van der Waals surface area contributed by atoms with Gasteiger partial charge >= 0.3 is 5.97 Å². The lowest BCUT2D eigenvalue weighted by molar-refractivity contribution is -0.201. The van der Waals surface area contributed by atoms with Crippen LogP contribution in [0.4, 0.5) is 0 Å². The van der Waals surface area contributed by atoms with Crippen LogP contribution in [-0.4, -0.2) is 78.4 Å². The predicted octanol–water partition coefficient (Wildman–Crippen LogP) is -1.87. The fourth-order valence-corrected chi connectivity index (χ4v) is 4.14. The van der Waals surface area contributed by atoms with Gasteiger partial charge in [0.25, 0.3) is 11.6 Å². The number of thioether (sulfide) groups is 1. The molecule has 2 amide bonds. The van der Waals surface area contributed by atoms with Gasteiger partial charge in [0.05, 0.1) is 6.42 Å². The van der Waals surface area contributed by atoms with Gasteiger partial charge in [-0.1, -0.05) is 11.8 Å². The average molecular weight is 354 g/mol. The molecule has 0 aromatic carbocycles. The zero-order valence-electron chi connectivity index (χ0n) is 12.6. The molecular formula is C12H14N6O5S. The smallest absolute Gasteiger partial charge is 0.330 e. The molecule has 128 valence electrons. The average Bonchev–Trinajstić information content (AvgIpc) is 3.04. The maximum absolute atomic E-state index is 12.6. The second kappa shape index (κ2) is 5.87. The Hall–Kier alpha value is -2.47. The molecule has 3 atom stereocenters. The summed E-state index contributed by atoms with van der Waals surface area (Å²) in [4.78, 5) is 37.3. The Bertz CT molecular complexity index is 709. The molecule has 0 saturated carbocycles. The van der Waals surface area contributed by atoms with Gasteiger partial charge in [0.15, 0.2) is 11.9 Å². The third-order valence-electron chi connectivity index (χ3n) is 3.83. The van der Waals surface area contributed by atoms with Crippen molar-refractivity contribution >= 4 is 29.5 Å². The highest BCUT2D eigenvalue weighted by molar-refractivity contribution is 8.00. The summed E-state index contributed by atoms with van der Waals surface area (Å²) in [6.45, 7) is 3.70. The van der Waals surface area contributed by atoms with E-state index in [9.17, 15) is 19.5 Å². The number of aromatic amines is 1. The van der Waals surface area contributed by atoms with Crippen LogP contribution in [0, 0.1) is 0 Å². The zero-order chi connectivity index (χ0) is 17.5. The molecule has 2 aliphatic rings. The summed E-state index contributed by atoms with van der Waals surface area (Å²) in [6.07, 6.45) is -0.193. The number of aliphatic carboxylic acids is 1. The number of nitrogens with one attached hydrogen (secondary N) is 2. The van der Waals surface area contributed by atoms with Crippen LogP contribution < -0.4 is 5.32 Å². The van der Waals surface area contributed by atoms with Crippen LogP contribution in [0.2, 0.25) is 0 Å². The van der Waals surface area contributed by atoms with Crippen LogP contribution in [0.25, 0.3) is 0 Å². The first-order valence-electron chi connectivity index (χ1n) is 6.84. The van der Waals surface area contributed by atoms with E-state index in [0.717, 1.165) is 4.90 Å². The summed E-state index contributed by atoms with van der Waals surface area (Å²) in [5, 5.41) is 24.1. The third kappa shape index (κ3) is 2.34. The number of H-pyrrole nitrogens is 1. The number of amides is 2. The normalized spacial score (nSPS) is 29.0. The van der Waals surface area contributed by atoms with Crippen molar-refractivity contribution in [2.24, 2.45) is 0 Å². The number of β-lactam (4-membered cyclic amide) rings is 1. The quantitative estimate of drug-likeness (QED) is 0.314. The monoisotopic (exact) mass is 354 g/mol. The maximum atomic E-state index is 12.6. The number of hydrogen-bond donors (Lipinski definition) is 3. The minimum Gasteiger partial charge on any atom is -0.479 e. The topological polar surface area (TPSA) is 150 Å². The lowest BCUT2D eigenvalue weighted by Gasteiger charge is -2.58. The second-order valence-electron chi connectivity index (χ2n) is 5.27. The van der Waals surface area contributed by atoms with E-state index in [4.69, 9.17) is 4.74 Å². The van der Waals surface area contributed by atoms with Gasteiger partial charge in [0.1, 0.15) is 5.37 Å². The Labute approximate surface area is 139 Å². The summed E-state index contributed by atoms with van der Waals surface area (Å²) < 4.78 is 5.28. The molecule has 0 spiro atoms. The number of carbonyl (C=O) groups excluding carboxylic acids is 2. The molecule has 2 saturated heterocycles. The maximum Gasteiger partial charge on any atom is 0.330 e. The number of rotatable bonds is 5. The first-order valence-corrected chi connectivity index (χ1v) is 7.89. The van der Waals surface area contributed by atoms with Crippen molar-refractivity contribution in [2.75, 3.05) is 12.9 Å². The van der Waals surface area contributed by atoms with Crippen molar-refractivity contribution in [3.63, 3.8) is 0 Å². The number of carboxylic acids is 1. The van der Waals surface area contributed by atoms with E-state index in [1.54, 1.807) is 0 Å². The number of carbonyl (C=O) groups is 3. The SMILES string of the molecule is C=C1CS[C@H]2N(C(=O)C2(NC(=O)Cc2nn[nH]n2)OC)C1C(=O)O. The van der Waals surface area contributed by atoms with Gasteiger partial charge in [0.2, 0.25) is 5.91 Å². The fourth-order valence-electron chi connectivity index (χ4n) is 2.75. The number of fused-ring (bicyclic) bond motifs is 1. The Morgan fingerprint density at radius 1 is 1.62 bits per heavy atom. The van der Waals surface area contributed by atoms with Gasteiger partial charge in [-0.25, -0.2) is 4.79 Å². The van der Waals surface area contributed by atoms with Crippen molar-refractivity contribution in [3.8, 4) is 0 Å². The molecule has 2 aliphatic heterocycles. The summed E-state index contributed by atoms with van der Waals surface area (Å²) in [6, 6.07) is -1.12. The molecule has 0 bridgehead atoms. The van der Waals surface area contributed by atoms with Crippen molar-refractivity contribution in [1.82, 2.24) is 30.8 Å². The molecule has 3 rings (SSSR count). The molecule has 0 radical (unpaired) electrons. The largest absolute Gasteiger partial charge is 0.479 e. The van der Waals surface area contributed by atoms with E-state index >= 15 is 0 Å². The highest BCUT2D eigenvalue weighted by Crippen LogP contribution is 2.46. The summed E-state index contributed by atoms with van der Waals surface area (Å²) in [5.41, 5.74) is -1.19. The minimum absolute atomic E-state index is 0.162. The van der Waals surface area contributed by atoms with E-state index in [-0.39, 0.29) is 12.2 Å². The minimum atomic E-state index is -1.61. The van der Waals surface area contributed by atoms with Crippen molar-refractivity contribution in [1.29, 1.82) is 0 Å². The lowest BCUT2D eigenvalue weighted by atomic mass is 9.95. The molecule has 3 heterocycles. The third-order valence-corrected chi connectivity index (χ3v) is 5.25. The lowest BCUT2D eigenvalue weighted by Crippen LogP contribution is -2.83. The standard InChI is InChI=1S/C12H14N6O5S/c1-5-4-24-11-12(23-2,10(22)18(11)8(5)9(20)21)13-7(19)3-6-14-16-17-15-6/h8,11H,1,3-4H2,2H3,(H,13,19)(H,20,21)(H,14,15,16,17)/t8?,11-,12?/m1/s1. The number of methoxy groups -OCH3 is 1. The molecule has 2 fully saturated rings. The summed E-state index contributed by atoms with van der Waals surface area (Å²) >= 11 is 1.28. The summed E-state index contributed by atoms with van der Waals surface area (Å²) in [5.74, 6) is -1.82. The number of hydrogen-bond acceptors (Lipinski definition) is 8. The van der Waals surface area contributed by atoms with Crippen LogP contribution in [0.5, 0.6) is 0 Å². The van der Waals surface area contributed by atoms with Gasteiger partial charge in [-0.3, -0.25) is 9.59 Å². The molecule has 3 N–H and O–H groups in total. The van der Waals surface area contributed by atoms with Crippen LogP contribution in [0.1, 0.15) is 5.82 Å². The number of tetrazole rings is 1. The van der Waals surface area contributed by atoms with Crippen LogP contribution >= 0.6 is 11.8 Å². The van der Waals surface area contributed by atoms with Gasteiger partial charge in [-0.05, 0) is 5.57 Å². The molecule has 24 heavy (non-hydrogen) atoms. The Kier molecular flexibility index (Phi) is 4.01. The molecule has 2 unspecified atom stereocenters. The van der Waals surface area contributed by atoms with Gasteiger partial charge < -0.3 is 20.1 Å². The van der Waals surface area contributed by atoms with Crippen LogP contribution in [-0.2, 0) is 25.5 Å². The first-order chi connectivity index (χ1) is 11.4. The number of ether oxygens (including phenoxy) is 1.